The van der Waals surface area contributed by atoms with Crippen LogP contribution in [-0.2, 0) is 15.8 Å². The van der Waals surface area contributed by atoms with E-state index in [2.05, 4.69) is 0 Å². The molecule has 1 rings (SSSR count). The van der Waals surface area contributed by atoms with Gasteiger partial charge in [-0.15, -0.1) is 0 Å². The van der Waals surface area contributed by atoms with Crippen molar-refractivity contribution >= 4 is 13.4 Å². The summed E-state index contributed by atoms with van der Waals surface area (Å²) in [5.41, 5.74) is 0.995. The van der Waals surface area contributed by atoms with Crippen LogP contribution in [0.3, 0.4) is 0 Å². The summed E-state index contributed by atoms with van der Waals surface area (Å²) in [5.74, 6) is -0.757. The molecule has 0 amide bonds. The van der Waals surface area contributed by atoms with Crippen LogP contribution in [0, 0.1) is 5.92 Å². The summed E-state index contributed by atoms with van der Waals surface area (Å²) in [5, 5.41) is 0. The van der Waals surface area contributed by atoms with Gasteiger partial charge in [-0.1, -0.05) is 37.3 Å². The van der Waals surface area contributed by atoms with Gasteiger partial charge in [0.25, 0.3) is 0 Å². The first kappa shape index (κ1) is 13.1. The Kier molecular flexibility index (Phi) is 4.42. The average Bonchev–Trinajstić information content (AvgIpc) is 2.16. The Bertz CT molecular complexity index is 396. The minimum Gasteiger partial charge on any atom is -0.324 e. The molecule has 0 aliphatic heterocycles. The molecule has 0 aliphatic rings. The molecule has 0 spiro atoms. The molecule has 0 saturated heterocycles. The Balaban J connectivity index is 2.56. The molecule has 88 valence electrons. The number of Topliss-reactive ketones (excluding diaryl/α,β-unsaturated/α-hetero) is 1. The molecule has 0 radical (unpaired) electrons. The van der Waals surface area contributed by atoms with Crippen LogP contribution in [0.2, 0.25) is 0 Å². The van der Waals surface area contributed by atoms with E-state index in [0.717, 1.165) is 5.56 Å². The topological polar surface area (TPSA) is 74.6 Å². The Morgan fingerprint density at radius 1 is 1.31 bits per heavy atom. The van der Waals surface area contributed by atoms with Crippen LogP contribution in [0.1, 0.15) is 12.5 Å². The smallest absolute Gasteiger partial charge is 0.324 e. The number of ketones is 1. The van der Waals surface area contributed by atoms with E-state index in [-0.39, 0.29) is 5.92 Å². The molecule has 1 aromatic rings. The molecule has 0 bridgehead atoms. The van der Waals surface area contributed by atoms with Crippen LogP contribution in [0.15, 0.2) is 30.3 Å². The fourth-order valence-corrected chi connectivity index (χ4v) is 2.16. The first-order chi connectivity index (χ1) is 7.38. The van der Waals surface area contributed by atoms with Crippen molar-refractivity contribution in [1.82, 2.24) is 0 Å². The van der Waals surface area contributed by atoms with Crippen LogP contribution in [0.25, 0.3) is 0 Å². The minimum atomic E-state index is -4.23. The first-order valence-electron chi connectivity index (χ1n) is 4.99. The SMILES string of the molecule is C[C@@H](Cc1ccccc1)C(=O)CP(=O)(O)O. The number of carbonyl (C=O) groups is 1. The van der Waals surface area contributed by atoms with Crippen molar-refractivity contribution in [3.05, 3.63) is 35.9 Å². The van der Waals surface area contributed by atoms with Crippen molar-refractivity contribution in [2.75, 3.05) is 6.16 Å². The van der Waals surface area contributed by atoms with E-state index >= 15 is 0 Å². The number of benzene rings is 1. The number of rotatable bonds is 5. The molecule has 1 atom stereocenters. The highest BCUT2D eigenvalue weighted by molar-refractivity contribution is 7.52. The molecular weight excluding hydrogens is 227 g/mol. The molecule has 4 nitrogen and oxygen atoms in total. The van der Waals surface area contributed by atoms with Crippen LogP contribution in [0.4, 0.5) is 0 Å². The van der Waals surface area contributed by atoms with Gasteiger partial charge in [0.2, 0.25) is 0 Å². The lowest BCUT2D eigenvalue weighted by atomic mass is 9.98. The second-order valence-corrected chi connectivity index (χ2v) is 5.53. The number of hydrogen-bond acceptors (Lipinski definition) is 2. The van der Waals surface area contributed by atoms with Crippen molar-refractivity contribution in [2.24, 2.45) is 5.92 Å². The third-order valence-corrected chi connectivity index (χ3v) is 3.02. The van der Waals surface area contributed by atoms with E-state index in [9.17, 15) is 9.36 Å². The van der Waals surface area contributed by atoms with Crippen LogP contribution in [-0.4, -0.2) is 21.7 Å². The predicted octanol–water partition coefficient (Wildman–Crippen LogP) is 1.61. The molecular formula is C11H15O4P. The van der Waals surface area contributed by atoms with Crippen molar-refractivity contribution in [3.63, 3.8) is 0 Å². The normalized spacial score (nSPS) is 13.4. The summed E-state index contributed by atoms with van der Waals surface area (Å²) in [6.45, 7) is 1.69. The summed E-state index contributed by atoms with van der Waals surface area (Å²) in [7, 11) is -4.23. The lowest BCUT2D eigenvalue weighted by molar-refractivity contribution is -0.120. The summed E-state index contributed by atoms with van der Waals surface area (Å²) in [4.78, 5) is 28.9. The van der Waals surface area contributed by atoms with Gasteiger partial charge in [0.05, 0.1) is 0 Å². The highest BCUT2D eigenvalue weighted by Crippen LogP contribution is 2.35. The van der Waals surface area contributed by atoms with Gasteiger partial charge in [0.1, 0.15) is 11.9 Å². The van der Waals surface area contributed by atoms with E-state index in [1.165, 1.54) is 0 Å². The first-order valence-corrected chi connectivity index (χ1v) is 6.79. The van der Waals surface area contributed by atoms with Gasteiger partial charge in [0.15, 0.2) is 0 Å². The maximum atomic E-state index is 11.5. The quantitative estimate of drug-likeness (QED) is 0.769. The van der Waals surface area contributed by atoms with Gasteiger partial charge >= 0.3 is 7.60 Å². The van der Waals surface area contributed by atoms with Crippen molar-refractivity contribution in [1.29, 1.82) is 0 Å². The molecule has 1 aromatic carbocycles. The Morgan fingerprint density at radius 3 is 2.38 bits per heavy atom. The highest BCUT2D eigenvalue weighted by atomic mass is 31.2. The van der Waals surface area contributed by atoms with Crippen molar-refractivity contribution in [3.8, 4) is 0 Å². The van der Waals surface area contributed by atoms with Gasteiger partial charge in [-0.2, -0.15) is 0 Å². The summed E-state index contributed by atoms with van der Waals surface area (Å²) in [6, 6.07) is 9.40. The molecule has 0 aromatic heterocycles. The van der Waals surface area contributed by atoms with Gasteiger partial charge in [-0.25, -0.2) is 0 Å². The zero-order valence-electron chi connectivity index (χ0n) is 9.04. The molecule has 0 heterocycles. The number of hydrogen-bond donors (Lipinski definition) is 2. The summed E-state index contributed by atoms with van der Waals surface area (Å²) in [6.07, 6.45) is -0.152. The van der Waals surface area contributed by atoms with E-state index < -0.39 is 19.5 Å². The lowest BCUT2D eigenvalue weighted by Gasteiger charge is -2.11. The number of carbonyl (C=O) groups excluding carboxylic acids is 1. The Hall–Kier alpha value is -0.960. The molecule has 16 heavy (non-hydrogen) atoms. The predicted molar refractivity (Wildman–Crippen MR) is 61.2 cm³/mol. The van der Waals surface area contributed by atoms with Gasteiger partial charge < -0.3 is 9.79 Å². The van der Waals surface area contributed by atoms with E-state index in [4.69, 9.17) is 9.79 Å². The largest absolute Gasteiger partial charge is 0.332 e. The van der Waals surface area contributed by atoms with Crippen molar-refractivity contribution in [2.45, 2.75) is 13.3 Å². The fraction of sp³-hybridized carbons (Fsp3) is 0.364. The van der Waals surface area contributed by atoms with E-state index in [1.54, 1.807) is 6.92 Å². The van der Waals surface area contributed by atoms with Gasteiger partial charge in [0, 0.05) is 5.92 Å². The van der Waals surface area contributed by atoms with Gasteiger partial charge in [-0.3, -0.25) is 9.36 Å². The monoisotopic (exact) mass is 242 g/mol. The maximum Gasteiger partial charge on any atom is 0.332 e. The van der Waals surface area contributed by atoms with E-state index in [0.29, 0.717) is 6.42 Å². The molecule has 0 fully saturated rings. The third kappa shape index (κ3) is 4.71. The Labute approximate surface area is 94.5 Å². The van der Waals surface area contributed by atoms with Crippen LogP contribution < -0.4 is 0 Å². The zero-order chi connectivity index (χ0) is 12.2. The fourth-order valence-electron chi connectivity index (χ4n) is 1.44. The van der Waals surface area contributed by atoms with Gasteiger partial charge in [-0.05, 0) is 12.0 Å². The molecule has 0 aliphatic carbocycles. The summed E-state index contributed by atoms with van der Waals surface area (Å²) < 4.78 is 10.7. The van der Waals surface area contributed by atoms with E-state index in [1.807, 2.05) is 30.3 Å². The second kappa shape index (κ2) is 5.39. The second-order valence-electron chi connectivity index (χ2n) is 3.88. The lowest BCUT2D eigenvalue weighted by Crippen LogP contribution is -2.17. The molecule has 5 heteroatoms. The van der Waals surface area contributed by atoms with Crippen molar-refractivity contribution < 1.29 is 19.1 Å². The average molecular weight is 242 g/mol. The minimum absolute atomic E-state index is 0.366. The summed E-state index contributed by atoms with van der Waals surface area (Å²) >= 11 is 0. The molecule has 0 unspecified atom stereocenters. The third-order valence-electron chi connectivity index (χ3n) is 2.30. The van der Waals surface area contributed by atoms with Crippen LogP contribution >= 0.6 is 7.60 Å². The molecule has 0 saturated carbocycles. The molecule has 2 N–H and O–H groups in total. The Morgan fingerprint density at radius 2 is 1.88 bits per heavy atom. The maximum absolute atomic E-state index is 11.5. The standard InChI is InChI=1S/C11H15O4P/c1-9(11(12)8-16(13,14)15)7-10-5-3-2-4-6-10/h2-6,9H,7-8H2,1H3,(H2,13,14,15)/t9-/m0/s1. The zero-order valence-corrected chi connectivity index (χ0v) is 9.93. The van der Waals surface area contributed by atoms with Crippen LogP contribution in [0.5, 0.6) is 0 Å². The highest BCUT2D eigenvalue weighted by Gasteiger charge is 2.23.